The Morgan fingerprint density at radius 2 is 1.02 bits per heavy atom. The normalized spacial score (nSPS) is 17.4. The topological polar surface area (TPSA) is 9.23 Å². The van der Waals surface area contributed by atoms with Crippen molar-refractivity contribution in [1.29, 1.82) is 0 Å². The van der Waals surface area contributed by atoms with Crippen molar-refractivity contribution >= 4 is 20.2 Å². The zero-order valence-corrected chi connectivity index (χ0v) is 35.7. The van der Waals surface area contributed by atoms with Crippen LogP contribution in [0.2, 0.25) is 13.1 Å². The molecular formula is C50H64OSi. The summed E-state index contributed by atoms with van der Waals surface area (Å²) in [5.41, 5.74) is 19.5. The largest absolute Gasteiger partial charge is 0.496 e. The maximum atomic E-state index is 6.41. The highest BCUT2D eigenvalue weighted by Gasteiger charge is 2.50. The number of allylic oxidation sites excluding steroid dienone is 2. The predicted octanol–water partition coefficient (Wildman–Crippen LogP) is 14.5. The van der Waals surface area contributed by atoms with Crippen molar-refractivity contribution in [3.05, 3.63) is 123 Å². The number of hydrogen-bond donors (Lipinski definition) is 0. The van der Waals surface area contributed by atoms with Crippen molar-refractivity contribution in [1.82, 2.24) is 0 Å². The molecule has 0 spiro atoms. The van der Waals surface area contributed by atoms with E-state index >= 15 is 0 Å². The number of hydrogen-bond acceptors (Lipinski definition) is 1. The Hall–Kier alpha value is -3.62. The Balaban J connectivity index is 1.68. The van der Waals surface area contributed by atoms with Crippen molar-refractivity contribution < 1.29 is 4.74 Å². The maximum absolute atomic E-state index is 6.41. The molecule has 0 heterocycles. The number of methoxy groups -OCH3 is 1. The van der Waals surface area contributed by atoms with Gasteiger partial charge in [0.05, 0.1) is 15.2 Å². The molecule has 4 aromatic carbocycles. The summed E-state index contributed by atoms with van der Waals surface area (Å²) in [5, 5.41) is 0. The summed E-state index contributed by atoms with van der Waals surface area (Å²) in [6, 6.07) is 27.5. The third kappa shape index (κ3) is 6.81. The highest BCUT2D eigenvalue weighted by molar-refractivity contribution is 6.81. The smallest absolute Gasteiger partial charge is 0.131 e. The van der Waals surface area contributed by atoms with Crippen molar-refractivity contribution in [3.63, 3.8) is 0 Å². The van der Waals surface area contributed by atoms with Crippen molar-refractivity contribution in [2.24, 2.45) is 11.8 Å². The van der Waals surface area contributed by atoms with E-state index in [2.05, 4.69) is 174 Å². The lowest BCUT2D eigenvalue weighted by molar-refractivity contribution is 0.399. The fourth-order valence-corrected chi connectivity index (χ4v) is 14.6. The first-order valence-electron chi connectivity index (χ1n) is 19.8. The van der Waals surface area contributed by atoms with Crippen LogP contribution in [-0.4, -0.2) is 15.2 Å². The third-order valence-corrected chi connectivity index (χ3v) is 16.1. The van der Waals surface area contributed by atoms with Crippen LogP contribution in [0.25, 0.3) is 34.4 Å². The van der Waals surface area contributed by atoms with E-state index in [1.54, 1.807) is 16.7 Å². The predicted molar refractivity (Wildman–Crippen MR) is 230 cm³/mol. The Bertz CT molecular complexity index is 2010. The highest BCUT2D eigenvalue weighted by Crippen LogP contribution is 2.59. The Morgan fingerprint density at radius 1 is 0.615 bits per heavy atom. The SMILES string of the molecule is COc1c(C(C)(C)C)cc2c(c1-c1ccccc1)C=C(CC(C)C)C2[Si](C)(C)C1C(CC(C)C)=Cc2c1cc(C(C)(C)C)c(C)c2-c1ccccc1. The molecule has 274 valence electrons. The zero-order chi connectivity index (χ0) is 37.9. The number of ether oxygens (including phenoxy) is 1. The second kappa shape index (κ2) is 14.0. The number of benzene rings is 4. The minimum absolute atomic E-state index is 0.0328. The summed E-state index contributed by atoms with van der Waals surface area (Å²) in [5.74, 6) is 2.18. The van der Waals surface area contributed by atoms with Gasteiger partial charge >= 0.3 is 0 Å². The minimum Gasteiger partial charge on any atom is -0.496 e. The van der Waals surface area contributed by atoms with Gasteiger partial charge in [0.25, 0.3) is 0 Å². The Kier molecular flexibility index (Phi) is 10.2. The summed E-state index contributed by atoms with van der Waals surface area (Å²) >= 11 is 0. The Labute approximate surface area is 317 Å². The van der Waals surface area contributed by atoms with Crippen molar-refractivity contribution in [2.75, 3.05) is 7.11 Å². The van der Waals surface area contributed by atoms with E-state index in [9.17, 15) is 0 Å². The van der Waals surface area contributed by atoms with Crippen LogP contribution < -0.4 is 4.74 Å². The first-order chi connectivity index (χ1) is 24.4. The van der Waals surface area contributed by atoms with E-state index in [-0.39, 0.29) is 10.8 Å². The zero-order valence-electron chi connectivity index (χ0n) is 34.7. The summed E-state index contributed by atoms with van der Waals surface area (Å²) in [6.07, 6.45) is 7.50. The van der Waals surface area contributed by atoms with Gasteiger partial charge in [-0.2, -0.15) is 0 Å². The summed E-state index contributed by atoms with van der Waals surface area (Å²) in [6.45, 7) is 31.7. The van der Waals surface area contributed by atoms with Gasteiger partial charge < -0.3 is 4.74 Å². The van der Waals surface area contributed by atoms with E-state index in [1.807, 2.05) is 7.11 Å². The molecule has 2 unspecified atom stereocenters. The molecule has 1 nitrogen and oxygen atoms in total. The van der Waals surface area contributed by atoms with Crippen LogP contribution in [-0.2, 0) is 10.8 Å². The first-order valence-corrected chi connectivity index (χ1v) is 23.0. The van der Waals surface area contributed by atoms with Crippen LogP contribution in [0, 0.1) is 18.8 Å². The lowest BCUT2D eigenvalue weighted by Gasteiger charge is -2.42. The van der Waals surface area contributed by atoms with Crippen LogP contribution in [0.4, 0.5) is 0 Å². The number of rotatable bonds is 9. The molecule has 0 amide bonds. The molecular weight excluding hydrogens is 645 g/mol. The van der Waals surface area contributed by atoms with Gasteiger partial charge in [-0.15, -0.1) is 0 Å². The lowest BCUT2D eigenvalue weighted by atomic mass is 9.78. The maximum Gasteiger partial charge on any atom is 0.131 e. The molecule has 2 aliphatic carbocycles. The average Bonchev–Trinajstić information content (AvgIpc) is 3.60. The first kappa shape index (κ1) is 38.1. The van der Waals surface area contributed by atoms with Gasteiger partial charge in [0.15, 0.2) is 0 Å². The van der Waals surface area contributed by atoms with Gasteiger partial charge in [-0.3, -0.25) is 0 Å². The lowest BCUT2D eigenvalue weighted by Crippen LogP contribution is -2.43. The van der Waals surface area contributed by atoms with Crippen LogP contribution in [0.15, 0.2) is 83.9 Å². The van der Waals surface area contributed by atoms with Crippen LogP contribution in [0.3, 0.4) is 0 Å². The van der Waals surface area contributed by atoms with Crippen LogP contribution >= 0.6 is 0 Å². The standard InChI is InChI=1S/C50H64OSi/c1-31(2)25-36-27-38-40(29-42(49(6,7)8)33(5)44(38)34-21-17-15-18-22-34)47(36)52(13,14)48-37(26-32(3)4)28-39-41(48)30-43(50(9,10)11)46(51-12)45(39)35-23-19-16-20-24-35/h15-24,27-32,47-48H,25-26H2,1-14H3. The molecule has 0 saturated carbocycles. The third-order valence-electron chi connectivity index (χ3n) is 11.8. The second-order valence-corrected chi connectivity index (χ2v) is 24.1. The van der Waals surface area contributed by atoms with Gasteiger partial charge in [0.2, 0.25) is 0 Å². The Morgan fingerprint density at radius 3 is 1.42 bits per heavy atom. The molecule has 0 N–H and O–H groups in total. The van der Waals surface area contributed by atoms with Gasteiger partial charge in [-0.1, -0.05) is 178 Å². The average molecular weight is 709 g/mol. The summed E-state index contributed by atoms with van der Waals surface area (Å²) in [4.78, 5) is 0. The second-order valence-electron chi connectivity index (χ2n) is 19.3. The van der Waals surface area contributed by atoms with Gasteiger partial charge in [-0.25, -0.2) is 0 Å². The molecule has 2 aliphatic rings. The molecule has 52 heavy (non-hydrogen) atoms. The molecule has 2 atom stereocenters. The molecule has 6 rings (SSSR count). The highest BCUT2D eigenvalue weighted by atomic mass is 28.3. The summed E-state index contributed by atoms with van der Waals surface area (Å²) < 4.78 is 6.41. The quantitative estimate of drug-likeness (QED) is 0.157. The molecule has 0 aliphatic heterocycles. The van der Waals surface area contributed by atoms with Gasteiger partial charge in [0.1, 0.15) is 5.75 Å². The molecule has 0 fully saturated rings. The molecule has 2 heteroatoms. The summed E-state index contributed by atoms with van der Waals surface area (Å²) in [7, 11) is -0.368. The molecule has 0 saturated heterocycles. The van der Waals surface area contributed by atoms with Gasteiger partial charge in [0, 0.05) is 22.2 Å². The number of fused-ring (bicyclic) bond motifs is 2. The fourth-order valence-electron chi connectivity index (χ4n) is 9.88. The molecule has 0 bridgehead atoms. The van der Waals surface area contributed by atoms with E-state index < -0.39 is 8.07 Å². The van der Waals surface area contributed by atoms with Crippen molar-refractivity contribution in [2.45, 2.75) is 124 Å². The fraction of sp³-hybridized carbons (Fsp3) is 0.440. The van der Waals surface area contributed by atoms with E-state index in [0.717, 1.165) is 18.6 Å². The van der Waals surface area contributed by atoms with E-state index in [1.165, 1.54) is 55.6 Å². The van der Waals surface area contributed by atoms with Gasteiger partial charge in [-0.05, 0) is 92.5 Å². The minimum atomic E-state index is -2.23. The molecule has 0 aromatic heterocycles. The monoisotopic (exact) mass is 708 g/mol. The molecule has 4 aromatic rings. The van der Waals surface area contributed by atoms with Crippen molar-refractivity contribution in [3.8, 4) is 28.0 Å². The molecule has 0 radical (unpaired) electrons. The van der Waals surface area contributed by atoms with E-state index in [4.69, 9.17) is 4.74 Å². The van der Waals surface area contributed by atoms with Crippen LogP contribution in [0.1, 0.15) is 132 Å². The van der Waals surface area contributed by atoms with Crippen LogP contribution in [0.5, 0.6) is 5.75 Å². The van der Waals surface area contributed by atoms with E-state index in [0.29, 0.717) is 22.9 Å².